The van der Waals surface area contributed by atoms with Gasteiger partial charge in [0.1, 0.15) is 4.64 Å². The Kier molecular flexibility index (Phi) is 3.91. The zero-order valence-electron chi connectivity index (χ0n) is 9.81. The predicted molar refractivity (Wildman–Crippen MR) is 67.6 cm³/mol. The number of carbonyl (C=O) groups is 1. The molecular formula is C12H16N2O2S. The van der Waals surface area contributed by atoms with E-state index in [-0.39, 0.29) is 12.0 Å². The molecule has 1 unspecified atom stereocenters. The van der Waals surface area contributed by atoms with Crippen LogP contribution >= 0.6 is 12.2 Å². The molecule has 0 saturated carbocycles. The van der Waals surface area contributed by atoms with Crippen molar-refractivity contribution in [1.82, 2.24) is 9.88 Å². The number of nitrogens with zero attached hydrogens (tertiary/aromatic N) is 1. The van der Waals surface area contributed by atoms with Crippen LogP contribution in [0.2, 0.25) is 0 Å². The number of pyridine rings is 1. The Hall–Kier alpha value is -1.20. The van der Waals surface area contributed by atoms with Gasteiger partial charge < -0.3 is 14.6 Å². The highest BCUT2D eigenvalue weighted by molar-refractivity contribution is 7.71. The van der Waals surface area contributed by atoms with Crippen molar-refractivity contribution in [1.29, 1.82) is 0 Å². The summed E-state index contributed by atoms with van der Waals surface area (Å²) in [6.07, 6.45) is 2.80. The number of nitrogens with one attached hydrogen (secondary N) is 1. The van der Waals surface area contributed by atoms with Crippen LogP contribution in [0.15, 0.2) is 18.3 Å². The van der Waals surface area contributed by atoms with E-state index < -0.39 is 0 Å². The minimum Gasteiger partial charge on any atom is -0.375 e. The van der Waals surface area contributed by atoms with Gasteiger partial charge in [0.25, 0.3) is 5.91 Å². The SMILES string of the molecule is CCC1CN(C(=O)c2ccc[nH]c2=S)CCO1. The monoisotopic (exact) mass is 252 g/mol. The minimum absolute atomic E-state index is 0.00593. The fourth-order valence-electron chi connectivity index (χ4n) is 1.91. The van der Waals surface area contributed by atoms with Crippen molar-refractivity contribution in [3.8, 4) is 0 Å². The summed E-state index contributed by atoms with van der Waals surface area (Å²) in [6.45, 7) is 3.96. The Morgan fingerprint density at radius 3 is 3.24 bits per heavy atom. The second-order valence-corrected chi connectivity index (χ2v) is 4.47. The van der Waals surface area contributed by atoms with Crippen LogP contribution in [0.3, 0.4) is 0 Å². The Balaban J connectivity index is 2.15. The van der Waals surface area contributed by atoms with Gasteiger partial charge in [0.2, 0.25) is 0 Å². The summed E-state index contributed by atoms with van der Waals surface area (Å²) in [6, 6.07) is 3.55. The molecule has 1 aromatic heterocycles. The molecule has 1 saturated heterocycles. The molecule has 1 atom stereocenters. The average molecular weight is 252 g/mol. The third-order valence-corrected chi connectivity index (χ3v) is 3.27. The first-order chi connectivity index (χ1) is 8.22. The van der Waals surface area contributed by atoms with Crippen LogP contribution in [0.4, 0.5) is 0 Å². The first-order valence-electron chi connectivity index (χ1n) is 5.81. The van der Waals surface area contributed by atoms with Crippen molar-refractivity contribution in [3.63, 3.8) is 0 Å². The van der Waals surface area contributed by atoms with Crippen LogP contribution in [0.5, 0.6) is 0 Å². The fourth-order valence-corrected chi connectivity index (χ4v) is 2.13. The van der Waals surface area contributed by atoms with Gasteiger partial charge in [-0.25, -0.2) is 0 Å². The third kappa shape index (κ3) is 2.73. The molecule has 1 aromatic rings. The molecule has 0 aliphatic carbocycles. The molecule has 4 nitrogen and oxygen atoms in total. The van der Waals surface area contributed by atoms with Gasteiger partial charge in [0.15, 0.2) is 0 Å². The molecule has 2 heterocycles. The number of morpholine rings is 1. The van der Waals surface area contributed by atoms with Gasteiger partial charge in [0.05, 0.1) is 18.3 Å². The highest BCUT2D eigenvalue weighted by Crippen LogP contribution is 2.12. The number of rotatable bonds is 2. The summed E-state index contributed by atoms with van der Waals surface area (Å²) < 4.78 is 6.04. The van der Waals surface area contributed by atoms with E-state index in [1.165, 1.54) is 0 Å². The van der Waals surface area contributed by atoms with Crippen molar-refractivity contribution >= 4 is 18.1 Å². The van der Waals surface area contributed by atoms with Crippen LogP contribution in [-0.2, 0) is 4.74 Å². The highest BCUT2D eigenvalue weighted by Gasteiger charge is 2.24. The van der Waals surface area contributed by atoms with E-state index in [1.807, 2.05) is 4.90 Å². The molecule has 5 heteroatoms. The molecule has 1 aliphatic rings. The first-order valence-corrected chi connectivity index (χ1v) is 6.21. The van der Waals surface area contributed by atoms with Crippen LogP contribution < -0.4 is 0 Å². The Bertz CT molecular complexity index is 458. The molecule has 0 spiro atoms. The second-order valence-electron chi connectivity index (χ2n) is 4.07. The normalized spacial score (nSPS) is 20.3. The van der Waals surface area contributed by atoms with Gasteiger partial charge in [0, 0.05) is 19.3 Å². The lowest BCUT2D eigenvalue weighted by Crippen LogP contribution is -2.45. The molecule has 0 bridgehead atoms. The van der Waals surface area contributed by atoms with E-state index in [9.17, 15) is 4.79 Å². The molecule has 92 valence electrons. The molecule has 1 N–H and O–H groups in total. The lowest BCUT2D eigenvalue weighted by Gasteiger charge is -2.32. The number of aromatic nitrogens is 1. The highest BCUT2D eigenvalue weighted by atomic mass is 32.1. The molecule has 1 fully saturated rings. The van der Waals surface area contributed by atoms with Gasteiger partial charge in [-0.1, -0.05) is 19.1 Å². The standard InChI is InChI=1S/C12H16N2O2S/c1-2-9-8-14(6-7-16-9)12(15)10-4-3-5-13-11(10)17/h3-5,9H,2,6-8H2,1H3,(H,13,17). The number of aromatic amines is 1. The summed E-state index contributed by atoms with van der Waals surface area (Å²) in [4.78, 5) is 17.0. The van der Waals surface area contributed by atoms with Crippen LogP contribution in [0.25, 0.3) is 0 Å². The zero-order chi connectivity index (χ0) is 12.3. The van der Waals surface area contributed by atoms with Gasteiger partial charge in [-0.2, -0.15) is 0 Å². The van der Waals surface area contributed by atoms with Gasteiger partial charge in [-0.05, 0) is 18.6 Å². The number of H-pyrrole nitrogens is 1. The van der Waals surface area contributed by atoms with E-state index in [4.69, 9.17) is 17.0 Å². The third-order valence-electron chi connectivity index (χ3n) is 2.93. The largest absolute Gasteiger partial charge is 0.375 e. The summed E-state index contributed by atoms with van der Waals surface area (Å²) >= 11 is 5.12. The Morgan fingerprint density at radius 1 is 1.71 bits per heavy atom. The van der Waals surface area contributed by atoms with Gasteiger partial charge >= 0.3 is 0 Å². The zero-order valence-corrected chi connectivity index (χ0v) is 10.6. The topological polar surface area (TPSA) is 45.3 Å². The number of ether oxygens (including phenoxy) is 1. The Morgan fingerprint density at radius 2 is 2.53 bits per heavy atom. The van der Waals surface area contributed by atoms with Gasteiger partial charge in [-0.15, -0.1) is 0 Å². The smallest absolute Gasteiger partial charge is 0.257 e. The van der Waals surface area contributed by atoms with Gasteiger partial charge in [-0.3, -0.25) is 4.79 Å². The maximum absolute atomic E-state index is 12.3. The summed E-state index contributed by atoms with van der Waals surface area (Å²) in [7, 11) is 0. The molecular weight excluding hydrogens is 236 g/mol. The summed E-state index contributed by atoms with van der Waals surface area (Å²) in [5, 5.41) is 0. The maximum atomic E-state index is 12.3. The number of carbonyl (C=O) groups excluding carboxylic acids is 1. The molecule has 2 rings (SSSR count). The van der Waals surface area contributed by atoms with Crippen molar-refractivity contribution < 1.29 is 9.53 Å². The number of hydrogen-bond acceptors (Lipinski definition) is 3. The summed E-state index contributed by atoms with van der Waals surface area (Å²) in [5.74, 6) is -0.00593. The van der Waals surface area contributed by atoms with E-state index in [1.54, 1.807) is 18.3 Å². The minimum atomic E-state index is -0.00593. The maximum Gasteiger partial charge on any atom is 0.257 e. The fraction of sp³-hybridized carbons (Fsp3) is 0.500. The second kappa shape index (κ2) is 5.42. The molecule has 0 radical (unpaired) electrons. The number of amides is 1. The molecule has 1 amide bonds. The molecule has 0 aromatic carbocycles. The molecule has 17 heavy (non-hydrogen) atoms. The first kappa shape index (κ1) is 12.3. The average Bonchev–Trinajstić information content (AvgIpc) is 2.38. The Labute approximate surface area is 106 Å². The van der Waals surface area contributed by atoms with E-state index in [0.29, 0.717) is 29.9 Å². The van der Waals surface area contributed by atoms with E-state index in [0.717, 1.165) is 6.42 Å². The predicted octanol–water partition coefficient (Wildman–Crippen LogP) is 2.00. The van der Waals surface area contributed by atoms with Crippen molar-refractivity contribution in [3.05, 3.63) is 28.5 Å². The van der Waals surface area contributed by atoms with Crippen molar-refractivity contribution in [2.24, 2.45) is 0 Å². The number of hydrogen-bond donors (Lipinski definition) is 1. The van der Waals surface area contributed by atoms with Crippen LogP contribution in [-0.4, -0.2) is 41.6 Å². The summed E-state index contributed by atoms with van der Waals surface area (Å²) in [5.41, 5.74) is 0.569. The van der Waals surface area contributed by atoms with Crippen molar-refractivity contribution in [2.75, 3.05) is 19.7 Å². The van der Waals surface area contributed by atoms with E-state index in [2.05, 4.69) is 11.9 Å². The molecule has 1 aliphatic heterocycles. The lowest BCUT2D eigenvalue weighted by molar-refractivity contribution is -0.0226. The lowest BCUT2D eigenvalue weighted by atomic mass is 10.2. The van der Waals surface area contributed by atoms with Crippen LogP contribution in [0.1, 0.15) is 23.7 Å². The van der Waals surface area contributed by atoms with Crippen LogP contribution in [0, 0.1) is 4.64 Å². The quantitative estimate of drug-likeness (QED) is 0.819. The van der Waals surface area contributed by atoms with Crippen molar-refractivity contribution in [2.45, 2.75) is 19.4 Å². The van der Waals surface area contributed by atoms with E-state index >= 15 is 0 Å².